The van der Waals surface area contributed by atoms with Crippen molar-refractivity contribution in [2.75, 3.05) is 5.43 Å². The van der Waals surface area contributed by atoms with Gasteiger partial charge in [0.15, 0.2) is 23.1 Å². The zero-order valence-electron chi connectivity index (χ0n) is 20.1. The second-order valence-electron chi connectivity index (χ2n) is 9.72. The minimum atomic E-state index is -1.04. The number of rotatable bonds is 1. The van der Waals surface area contributed by atoms with Gasteiger partial charge in [-0.25, -0.2) is 13.5 Å². The molecule has 1 atom stereocenters. The first kappa shape index (κ1) is 23.0. The third-order valence-electron chi connectivity index (χ3n) is 7.62. The number of fused-ring (bicyclic) bond motifs is 5. The van der Waals surface area contributed by atoms with Gasteiger partial charge in [-0.1, -0.05) is 18.2 Å². The predicted octanol–water partition coefficient (Wildman–Crippen LogP) is 3.81. The highest BCUT2D eigenvalue weighted by Crippen LogP contribution is 2.41. The van der Waals surface area contributed by atoms with E-state index in [9.17, 15) is 14.7 Å². The average molecular weight is 534 g/mol. The molecule has 4 aromatic rings. The molecule has 38 heavy (non-hydrogen) atoms. The number of aromatic amines is 1. The van der Waals surface area contributed by atoms with Crippen molar-refractivity contribution in [3.63, 3.8) is 0 Å². The lowest BCUT2D eigenvalue weighted by atomic mass is 9.92. The van der Waals surface area contributed by atoms with Gasteiger partial charge in [0.25, 0.3) is 5.91 Å². The molecule has 3 N–H and O–H groups in total. The van der Waals surface area contributed by atoms with Gasteiger partial charge >= 0.3 is 0 Å². The fourth-order valence-electron chi connectivity index (χ4n) is 5.66. The predicted molar refractivity (Wildman–Crippen MR) is 137 cm³/mol. The van der Waals surface area contributed by atoms with Crippen LogP contribution in [-0.4, -0.2) is 37.0 Å². The summed E-state index contributed by atoms with van der Waals surface area (Å²) in [6, 6.07) is 9.91. The van der Waals surface area contributed by atoms with Gasteiger partial charge in [-0.3, -0.25) is 14.7 Å². The van der Waals surface area contributed by atoms with Crippen LogP contribution in [0.5, 0.6) is 5.75 Å². The van der Waals surface area contributed by atoms with Crippen molar-refractivity contribution in [1.82, 2.24) is 19.8 Å². The van der Waals surface area contributed by atoms with Gasteiger partial charge in [-0.05, 0) is 36.6 Å². The number of carbonyl (C=O) groups is 1. The van der Waals surface area contributed by atoms with Crippen molar-refractivity contribution in [3.8, 4) is 17.0 Å². The molecule has 7 rings (SSSR count). The number of aromatic nitrogens is 3. The zero-order valence-corrected chi connectivity index (χ0v) is 21.0. The first-order valence-electron chi connectivity index (χ1n) is 12.1. The number of H-pyrrole nitrogens is 1. The van der Waals surface area contributed by atoms with Gasteiger partial charge in [0.05, 0.1) is 23.6 Å². The van der Waals surface area contributed by atoms with Gasteiger partial charge in [0.2, 0.25) is 5.43 Å². The number of halogens is 2. The van der Waals surface area contributed by atoms with E-state index in [0.717, 1.165) is 33.5 Å². The molecule has 0 saturated heterocycles. The molecule has 2 aromatic heterocycles. The minimum Gasteiger partial charge on any atom is -0.502 e. The SMILES string of the molecule is Cc1n[nH]c2c1C[C@H]1Nn3c(-c4cc(F)c(F)c5c4Cc4ccccc4SC5)cc(=O)c(O)c3C(=O)N1C2. The Kier molecular flexibility index (Phi) is 4.96. The Labute approximate surface area is 219 Å². The largest absolute Gasteiger partial charge is 0.502 e. The lowest BCUT2D eigenvalue weighted by Gasteiger charge is -2.42. The van der Waals surface area contributed by atoms with Crippen LogP contribution in [0.3, 0.4) is 0 Å². The average Bonchev–Trinajstić information content (AvgIpc) is 3.14. The standard InChI is InChI=1S/C27H21F2N5O3S/c1-12-14-8-23-32-34-20(9-21(35)26(36)25(34)27(37)33(23)10-19(14)31-30-12)16-7-18(28)24(29)17-11-38-22-5-3-2-4-13(22)6-15(16)17/h2-5,7,9,23,32,36H,6,8,10-11H2,1H3,(H,30,31)/t23-/m0/s1. The van der Waals surface area contributed by atoms with Crippen LogP contribution in [0.2, 0.25) is 0 Å². The summed E-state index contributed by atoms with van der Waals surface area (Å²) in [4.78, 5) is 29.1. The lowest BCUT2D eigenvalue weighted by Crippen LogP contribution is -2.56. The molecule has 2 aromatic carbocycles. The van der Waals surface area contributed by atoms with Crippen LogP contribution < -0.4 is 10.9 Å². The van der Waals surface area contributed by atoms with Crippen molar-refractivity contribution in [1.29, 1.82) is 0 Å². The number of benzene rings is 2. The highest BCUT2D eigenvalue weighted by molar-refractivity contribution is 7.98. The Morgan fingerprint density at radius 3 is 2.79 bits per heavy atom. The van der Waals surface area contributed by atoms with Crippen molar-refractivity contribution < 1.29 is 18.7 Å². The Hall–Kier alpha value is -4.12. The van der Waals surface area contributed by atoms with Crippen molar-refractivity contribution >= 4 is 17.7 Å². The van der Waals surface area contributed by atoms with E-state index in [1.807, 2.05) is 31.2 Å². The summed E-state index contributed by atoms with van der Waals surface area (Å²) in [6.07, 6.45) is 0.255. The van der Waals surface area contributed by atoms with E-state index in [1.165, 1.54) is 27.4 Å². The maximum absolute atomic E-state index is 15.1. The summed E-state index contributed by atoms with van der Waals surface area (Å²) in [5, 5.41) is 17.9. The van der Waals surface area contributed by atoms with Gasteiger partial charge in [0, 0.05) is 39.8 Å². The van der Waals surface area contributed by atoms with Crippen molar-refractivity contribution in [2.45, 2.75) is 43.1 Å². The number of thioether (sulfide) groups is 1. The Bertz CT molecular complexity index is 1750. The van der Waals surface area contributed by atoms with Crippen molar-refractivity contribution in [3.05, 3.63) is 97.6 Å². The molecular formula is C27H21F2N5O3S. The summed E-state index contributed by atoms with van der Waals surface area (Å²) >= 11 is 1.42. The number of aromatic hydroxyl groups is 1. The monoisotopic (exact) mass is 533 g/mol. The van der Waals surface area contributed by atoms with Crippen LogP contribution in [0, 0.1) is 18.6 Å². The number of hydrogen-bond donors (Lipinski definition) is 3. The Balaban J connectivity index is 1.44. The number of hydrogen-bond acceptors (Lipinski definition) is 6. The van der Waals surface area contributed by atoms with Crippen molar-refractivity contribution in [2.24, 2.45) is 0 Å². The molecule has 3 aliphatic rings. The molecule has 0 bridgehead atoms. The third-order valence-corrected chi connectivity index (χ3v) is 8.76. The normalized spacial score (nSPS) is 17.5. The van der Waals surface area contributed by atoms with Crippen LogP contribution >= 0.6 is 11.8 Å². The maximum atomic E-state index is 15.1. The molecule has 0 aliphatic carbocycles. The first-order chi connectivity index (χ1) is 18.3. The molecule has 0 spiro atoms. The third kappa shape index (κ3) is 3.24. The molecular weight excluding hydrogens is 512 g/mol. The topological polar surface area (TPSA) is 103 Å². The summed E-state index contributed by atoms with van der Waals surface area (Å²) in [7, 11) is 0. The van der Waals surface area contributed by atoms with E-state index in [4.69, 9.17) is 0 Å². The van der Waals surface area contributed by atoms with E-state index >= 15 is 8.78 Å². The van der Waals surface area contributed by atoms with E-state index in [-0.39, 0.29) is 29.2 Å². The molecule has 3 aliphatic heterocycles. The van der Waals surface area contributed by atoms with Crippen LogP contribution in [-0.2, 0) is 25.1 Å². The van der Waals surface area contributed by atoms with E-state index in [0.29, 0.717) is 24.0 Å². The van der Waals surface area contributed by atoms with Gasteiger partial charge in [-0.2, -0.15) is 5.10 Å². The number of aryl methyl sites for hydroxylation is 1. The van der Waals surface area contributed by atoms with Crippen LogP contribution in [0.15, 0.2) is 46.1 Å². The fraction of sp³-hybridized carbons (Fsp3) is 0.222. The summed E-state index contributed by atoms with van der Waals surface area (Å²) < 4.78 is 31.5. The maximum Gasteiger partial charge on any atom is 0.278 e. The van der Waals surface area contributed by atoms with Crippen LogP contribution in [0.4, 0.5) is 8.78 Å². The number of nitrogens with zero attached hydrogens (tertiary/aromatic N) is 3. The molecule has 1 amide bonds. The second kappa shape index (κ2) is 8.19. The fourth-order valence-corrected chi connectivity index (χ4v) is 6.76. The number of pyridine rings is 1. The van der Waals surface area contributed by atoms with E-state index < -0.39 is 34.9 Å². The van der Waals surface area contributed by atoms with Gasteiger partial charge < -0.3 is 15.4 Å². The van der Waals surface area contributed by atoms with Gasteiger partial charge in [-0.15, -0.1) is 11.8 Å². The number of carbonyl (C=O) groups excluding carboxylic acids is 1. The molecule has 0 saturated carbocycles. The quantitative estimate of drug-likeness (QED) is 0.344. The molecule has 0 unspecified atom stereocenters. The lowest BCUT2D eigenvalue weighted by molar-refractivity contribution is 0.0593. The zero-order chi connectivity index (χ0) is 26.3. The number of amides is 1. The molecule has 8 nitrogen and oxygen atoms in total. The second-order valence-corrected chi connectivity index (χ2v) is 10.7. The molecule has 11 heteroatoms. The smallest absolute Gasteiger partial charge is 0.278 e. The van der Waals surface area contributed by atoms with Gasteiger partial charge in [0.1, 0.15) is 6.17 Å². The number of nitrogens with one attached hydrogen (secondary N) is 2. The van der Waals surface area contributed by atoms with E-state index in [2.05, 4.69) is 15.6 Å². The summed E-state index contributed by atoms with van der Waals surface area (Å²) in [5.74, 6) is -3.00. The van der Waals surface area contributed by atoms with Crippen LogP contribution in [0.1, 0.15) is 44.1 Å². The molecule has 192 valence electrons. The Morgan fingerprint density at radius 2 is 1.95 bits per heavy atom. The van der Waals surface area contributed by atoms with Crippen LogP contribution in [0.25, 0.3) is 11.3 Å². The Morgan fingerprint density at radius 1 is 1.13 bits per heavy atom. The highest BCUT2D eigenvalue weighted by atomic mass is 32.2. The first-order valence-corrected chi connectivity index (χ1v) is 13.1. The minimum absolute atomic E-state index is 0.185. The van der Waals surface area contributed by atoms with E-state index in [1.54, 1.807) is 0 Å². The highest BCUT2D eigenvalue weighted by Gasteiger charge is 2.40. The summed E-state index contributed by atoms with van der Waals surface area (Å²) in [6.45, 7) is 2.10. The molecule has 5 heterocycles. The summed E-state index contributed by atoms with van der Waals surface area (Å²) in [5.41, 5.74) is 7.02. The molecule has 0 radical (unpaired) electrons. The molecule has 0 fully saturated rings.